The Bertz CT molecular complexity index is 393. The predicted octanol–water partition coefficient (Wildman–Crippen LogP) is 1.72. The van der Waals surface area contributed by atoms with E-state index in [-0.39, 0.29) is 0 Å². The molecule has 78 valence electrons. The molecule has 0 heterocycles. The molecule has 1 amide bonds. The van der Waals surface area contributed by atoms with E-state index in [1.165, 1.54) is 5.56 Å². The van der Waals surface area contributed by atoms with Crippen LogP contribution in [-0.2, 0) is 11.2 Å². The molecule has 0 bridgehead atoms. The Kier molecular flexibility index (Phi) is 3.93. The highest BCUT2D eigenvalue weighted by Crippen LogP contribution is 2.08. The Labute approximate surface area is 90.5 Å². The molecule has 0 aromatic heterocycles. The largest absolute Gasteiger partial charge is 0.359 e. The van der Waals surface area contributed by atoms with Crippen LogP contribution >= 0.6 is 0 Å². The van der Waals surface area contributed by atoms with Crippen LogP contribution in [-0.4, -0.2) is 5.91 Å². The highest BCUT2D eigenvalue weighted by Gasteiger charge is 1.96. The average molecular weight is 201 g/mol. The molecule has 0 atom stereocenters. The summed E-state index contributed by atoms with van der Waals surface area (Å²) in [5.74, 6) is 5.06. The first kappa shape index (κ1) is 11.3. The Morgan fingerprint density at radius 2 is 1.93 bits per heavy atom. The molecule has 2 heteroatoms. The van der Waals surface area contributed by atoms with E-state index in [1.807, 2.05) is 24.3 Å². The third-order valence-corrected chi connectivity index (χ3v) is 1.93. The van der Waals surface area contributed by atoms with Gasteiger partial charge < -0.3 is 5.73 Å². The first-order valence-corrected chi connectivity index (χ1v) is 4.98. The number of rotatable bonds is 2. The molecule has 0 saturated heterocycles. The van der Waals surface area contributed by atoms with Gasteiger partial charge in [0, 0.05) is 5.56 Å². The van der Waals surface area contributed by atoms with E-state index in [2.05, 4.69) is 25.7 Å². The average Bonchev–Trinajstić information content (AvgIpc) is 2.16. The fraction of sp³-hybridized carbons (Fsp3) is 0.308. The van der Waals surface area contributed by atoms with E-state index in [0.717, 1.165) is 12.0 Å². The Morgan fingerprint density at radius 1 is 1.33 bits per heavy atom. The Morgan fingerprint density at radius 3 is 2.40 bits per heavy atom. The van der Waals surface area contributed by atoms with Crippen molar-refractivity contribution in [1.29, 1.82) is 0 Å². The second-order valence-corrected chi connectivity index (χ2v) is 3.91. The summed E-state index contributed by atoms with van der Waals surface area (Å²) in [7, 11) is 0. The van der Waals surface area contributed by atoms with Gasteiger partial charge in [-0.15, -0.1) is 0 Å². The van der Waals surface area contributed by atoms with Crippen LogP contribution in [0.15, 0.2) is 24.3 Å². The number of primary amides is 1. The van der Waals surface area contributed by atoms with Gasteiger partial charge in [0.1, 0.15) is 0 Å². The first-order chi connectivity index (χ1) is 7.08. The molecule has 0 fully saturated rings. The molecule has 1 rings (SSSR count). The molecule has 0 aliphatic rings. The van der Waals surface area contributed by atoms with Gasteiger partial charge >= 0.3 is 0 Å². The molecular formula is C13H15NO. The van der Waals surface area contributed by atoms with Gasteiger partial charge in [0.25, 0.3) is 5.91 Å². The van der Waals surface area contributed by atoms with E-state index in [1.54, 1.807) is 0 Å². The maximum Gasteiger partial charge on any atom is 0.293 e. The molecule has 1 aromatic rings. The number of amides is 1. The summed E-state index contributed by atoms with van der Waals surface area (Å²) in [6, 6.07) is 7.89. The van der Waals surface area contributed by atoms with Crippen LogP contribution in [0.4, 0.5) is 0 Å². The van der Waals surface area contributed by atoms with E-state index in [0.29, 0.717) is 5.92 Å². The Hall–Kier alpha value is -1.75. The summed E-state index contributed by atoms with van der Waals surface area (Å²) >= 11 is 0. The molecule has 2 N–H and O–H groups in total. The van der Waals surface area contributed by atoms with Crippen LogP contribution in [0.1, 0.15) is 25.0 Å². The SMILES string of the molecule is CC(C)Cc1ccc(C#CC(N)=O)cc1. The maximum atomic E-state index is 10.4. The molecule has 0 spiro atoms. The maximum absolute atomic E-state index is 10.4. The molecule has 0 saturated carbocycles. The summed E-state index contributed by atoms with van der Waals surface area (Å²) in [6.45, 7) is 4.36. The lowest BCUT2D eigenvalue weighted by Gasteiger charge is -2.03. The van der Waals surface area contributed by atoms with E-state index >= 15 is 0 Å². The zero-order chi connectivity index (χ0) is 11.3. The minimum absolute atomic E-state index is 0.596. The second-order valence-electron chi connectivity index (χ2n) is 3.91. The van der Waals surface area contributed by atoms with Crippen molar-refractivity contribution in [2.75, 3.05) is 0 Å². The van der Waals surface area contributed by atoms with Crippen LogP contribution < -0.4 is 5.73 Å². The number of carbonyl (C=O) groups is 1. The topological polar surface area (TPSA) is 43.1 Å². The lowest BCUT2D eigenvalue weighted by atomic mass is 10.0. The molecule has 15 heavy (non-hydrogen) atoms. The number of hydrogen-bond donors (Lipinski definition) is 1. The van der Waals surface area contributed by atoms with Gasteiger partial charge in [0.05, 0.1) is 0 Å². The van der Waals surface area contributed by atoms with Crippen LogP contribution in [0.3, 0.4) is 0 Å². The molecule has 0 aliphatic carbocycles. The van der Waals surface area contributed by atoms with Crippen LogP contribution in [0.25, 0.3) is 0 Å². The van der Waals surface area contributed by atoms with Crippen molar-refractivity contribution < 1.29 is 4.79 Å². The summed E-state index contributed by atoms with van der Waals surface area (Å²) in [5, 5.41) is 0. The van der Waals surface area contributed by atoms with Crippen molar-refractivity contribution in [2.45, 2.75) is 20.3 Å². The number of hydrogen-bond acceptors (Lipinski definition) is 1. The van der Waals surface area contributed by atoms with Crippen molar-refractivity contribution in [3.05, 3.63) is 35.4 Å². The zero-order valence-electron chi connectivity index (χ0n) is 9.08. The summed E-state index contributed by atoms with van der Waals surface area (Å²) < 4.78 is 0. The summed E-state index contributed by atoms with van der Waals surface area (Å²) in [4.78, 5) is 10.4. The highest BCUT2D eigenvalue weighted by atomic mass is 16.1. The van der Waals surface area contributed by atoms with Gasteiger partial charge in [0.2, 0.25) is 0 Å². The molecule has 1 aromatic carbocycles. The van der Waals surface area contributed by atoms with Crippen LogP contribution in [0.2, 0.25) is 0 Å². The standard InChI is InChI=1S/C13H15NO/c1-10(2)9-12-5-3-11(4-6-12)7-8-13(14)15/h3-6,10H,9H2,1-2H3,(H2,14,15). The van der Waals surface area contributed by atoms with Crippen LogP contribution in [0, 0.1) is 17.8 Å². The van der Waals surface area contributed by atoms with Gasteiger partial charge in [0.15, 0.2) is 0 Å². The normalized spacial score (nSPS) is 9.53. The molecule has 0 radical (unpaired) electrons. The van der Waals surface area contributed by atoms with Crippen molar-refractivity contribution in [3.63, 3.8) is 0 Å². The number of nitrogens with two attached hydrogens (primary N) is 1. The summed E-state index contributed by atoms with van der Waals surface area (Å²) in [6.07, 6.45) is 1.06. The molecule has 0 unspecified atom stereocenters. The van der Waals surface area contributed by atoms with Gasteiger partial charge in [-0.3, -0.25) is 4.79 Å². The highest BCUT2D eigenvalue weighted by molar-refractivity contribution is 5.92. The molecule has 0 aliphatic heterocycles. The van der Waals surface area contributed by atoms with Crippen molar-refractivity contribution in [1.82, 2.24) is 0 Å². The first-order valence-electron chi connectivity index (χ1n) is 4.98. The lowest BCUT2D eigenvalue weighted by molar-refractivity contribution is -0.112. The molecular weight excluding hydrogens is 186 g/mol. The third kappa shape index (κ3) is 4.33. The van der Waals surface area contributed by atoms with Crippen molar-refractivity contribution in [3.8, 4) is 11.8 Å². The second kappa shape index (κ2) is 5.21. The van der Waals surface area contributed by atoms with Crippen molar-refractivity contribution >= 4 is 5.91 Å². The minimum atomic E-state index is -0.596. The molecule has 2 nitrogen and oxygen atoms in total. The zero-order valence-corrected chi connectivity index (χ0v) is 9.08. The van der Waals surface area contributed by atoms with Gasteiger partial charge in [-0.05, 0) is 36.0 Å². The summed E-state index contributed by atoms with van der Waals surface area (Å²) in [5.41, 5.74) is 7.03. The van der Waals surface area contributed by atoms with E-state index < -0.39 is 5.91 Å². The van der Waals surface area contributed by atoms with Gasteiger partial charge in [-0.25, -0.2) is 0 Å². The quantitative estimate of drug-likeness (QED) is 0.727. The number of benzene rings is 1. The fourth-order valence-electron chi connectivity index (χ4n) is 1.33. The third-order valence-electron chi connectivity index (χ3n) is 1.93. The van der Waals surface area contributed by atoms with Crippen LogP contribution in [0.5, 0.6) is 0 Å². The predicted molar refractivity (Wildman–Crippen MR) is 61.1 cm³/mol. The lowest BCUT2D eigenvalue weighted by Crippen LogP contribution is -2.06. The monoisotopic (exact) mass is 201 g/mol. The Balaban J connectivity index is 2.74. The van der Waals surface area contributed by atoms with Gasteiger partial charge in [-0.1, -0.05) is 31.9 Å². The smallest absolute Gasteiger partial charge is 0.293 e. The number of carbonyl (C=O) groups excluding carboxylic acids is 1. The van der Waals surface area contributed by atoms with E-state index in [9.17, 15) is 4.79 Å². The van der Waals surface area contributed by atoms with Gasteiger partial charge in [-0.2, -0.15) is 0 Å². The fourth-order valence-corrected chi connectivity index (χ4v) is 1.33. The minimum Gasteiger partial charge on any atom is -0.359 e. The van der Waals surface area contributed by atoms with Crippen molar-refractivity contribution in [2.24, 2.45) is 11.7 Å². The van der Waals surface area contributed by atoms with E-state index in [4.69, 9.17) is 5.73 Å².